The van der Waals surface area contributed by atoms with E-state index in [-0.39, 0.29) is 0 Å². The van der Waals surface area contributed by atoms with Crippen LogP contribution >= 0.6 is 11.3 Å². The third-order valence-electron chi connectivity index (χ3n) is 3.38. The summed E-state index contributed by atoms with van der Waals surface area (Å²) >= 11 is 1.66. The second-order valence-corrected chi connectivity index (χ2v) is 6.66. The predicted octanol–water partition coefficient (Wildman–Crippen LogP) is 4.02. The van der Waals surface area contributed by atoms with E-state index in [1.807, 2.05) is 24.3 Å². The molecule has 1 aromatic carbocycles. The molecule has 3 nitrogen and oxygen atoms in total. The third kappa shape index (κ3) is 2.96. The Morgan fingerprint density at radius 1 is 1.10 bits per heavy atom. The summed E-state index contributed by atoms with van der Waals surface area (Å²) in [6.07, 6.45) is 0.969. The van der Waals surface area contributed by atoms with Gasteiger partial charge in [0, 0.05) is 16.8 Å². The van der Waals surface area contributed by atoms with Crippen LogP contribution in [0.2, 0.25) is 0 Å². The summed E-state index contributed by atoms with van der Waals surface area (Å²) in [5, 5.41) is 2.12. The number of para-hydroxylation sites is 1. The SMILES string of the molecule is CC(C)Cc1nc(-c2ccc3ccccc3n2)sc1CN. The number of hydrogen-bond donors (Lipinski definition) is 1. The van der Waals surface area contributed by atoms with E-state index in [0.717, 1.165) is 33.7 Å². The van der Waals surface area contributed by atoms with Crippen LogP contribution in [0.25, 0.3) is 21.6 Å². The Morgan fingerprint density at radius 2 is 1.90 bits per heavy atom. The van der Waals surface area contributed by atoms with Gasteiger partial charge in [-0.3, -0.25) is 0 Å². The van der Waals surface area contributed by atoms with Crippen molar-refractivity contribution in [2.24, 2.45) is 11.7 Å². The Labute approximate surface area is 128 Å². The van der Waals surface area contributed by atoms with Gasteiger partial charge >= 0.3 is 0 Å². The Hall–Kier alpha value is -1.78. The highest BCUT2D eigenvalue weighted by molar-refractivity contribution is 7.15. The average Bonchev–Trinajstić information content (AvgIpc) is 2.89. The van der Waals surface area contributed by atoms with Gasteiger partial charge in [0.05, 0.1) is 16.9 Å². The molecule has 0 unspecified atom stereocenters. The summed E-state index contributed by atoms with van der Waals surface area (Å²) in [6, 6.07) is 12.3. The van der Waals surface area contributed by atoms with Crippen LogP contribution < -0.4 is 5.73 Å². The van der Waals surface area contributed by atoms with E-state index >= 15 is 0 Å². The van der Waals surface area contributed by atoms with Crippen molar-refractivity contribution in [1.29, 1.82) is 0 Å². The molecule has 2 aromatic heterocycles. The van der Waals surface area contributed by atoms with Crippen molar-refractivity contribution in [3.8, 4) is 10.7 Å². The molecule has 21 heavy (non-hydrogen) atoms. The van der Waals surface area contributed by atoms with E-state index in [0.29, 0.717) is 12.5 Å². The van der Waals surface area contributed by atoms with Gasteiger partial charge in [0.15, 0.2) is 0 Å². The van der Waals surface area contributed by atoms with Gasteiger partial charge in [0.25, 0.3) is 0 Å². The topological polar surface area (TPSA) is 51.8 Å². The van der Waals surface area contributed by atoms with Crippen molar-refractivity contribution in [3.63, 3.8) is 0 Å². The van der Waals surface area contributed by atoms with Crippen LogP contribution in [0, 0.1) is 5.92 Å². The van der Waals surface area contributed by atoms with E-state index in [1.165, 1.54) is 4.88 Å². The maximum Gasteiger partial charge on any atom is 0.142 e. The number of nitrogens with two attached hydrogens (primary N) is 1. The first kappa shape index (κ1) is 14.2. The van der Waals surface area contributed by atoms with E-state index in [2.05, 4.69) is 26.0 Å². The monoisotopic (exact) mass is 297 g/mol. The molecule has 0 amide bonds. The van der Waals surface area contributed by atoms with Crippen LogP contribution in [0.3, 0.4) is 0 Å². The highest BCUT2D eigenvalue weighted by Gasteiger charge is 2.13. The second kappa shape index (κ2) is 5.92. The van der Waals surface area contributed by atoms with Crippen LogP contribution in [-0.4, -0.2) is 9.97 Å². The quantitative estimate of drug-likeness (QED) is 0.791. The number of nitrogens with zero attached hydrogens (tertiary/aromatic N) is 2. The zero-order valence-corrected chi connectivity index (χ0v) is 13.2. The fourth-order valence-electron chi connectivity index (χ4n) is 2.38. The zero-order chi connectivity index (χ0) is 14.8. The van der Waals surface area contributed by atoms with Gasteiger partial charge in [-0.2, -0.15) is 0 Å². The van der Waals surface area contributed by atoms with Gasteiger partial charge in [-0.25, -0.2) is 9.97 Å². The van der Waals surface area contributed by atoms with Crippen molar-refractivity contribution in [2.75, 3.05) is 0 Å². The number of fused-ring (bicyclic) bond motifs is 1. The van der Waals surface area contributed by atoms with Crippen molar-refractivity contribution in [1.82, 2.24) is 9.97 Å². The highest BCUT2D eigenvalue weighted by atomic mass is 32.1. The maximum atomic E-state index is 5.86. The third-order valence-corrected chi connectivity index (χ3v) is 4.53. The number of pyridine rings is 1. The van der Waals surface area contributed by atoms with Gasteiger partial charge in [0.1, 0.15) is 5.01 Å². The second-order valence-electron chi connectivity index (χ2n) is 5.58. The summed E-state index contributed by atoms with van der Waals surface area (Å²) < 4.78 is 0. The number of benzene rings is 1. The molecule has 0 saturated carbocycles. The minimum absolute atomic E-state index is 0.549. The lowest BCUT2D eigenvalue weighted by Crippen LogP contribution is -2.02. The van der Waals surface area contributed by atoms with Crippen LogP contribution in [0.15, 0.2) is 36.4 Å². The van der Waals surface area contributed by atoms with E-state index in [9.17, 15) is 0 Å². The number of thiazole rings is 1. The fraction of sp³-hybridized carbons (Fsp3) is 0.294. The summed E-state index contributed by atoms with van der Waals surface area (Å²) in [6.45, 7) is 4.95. The van der Waals surface area contributed by atoms with Crippen molar-refractivity contribution in [2.45, 2.75) is 26.8 Å². The lowest BCUT2D eigenvalue weighted by Gasteiger charge is -2.02. The van der Waals surface area contributed by atoms with Gasteiger partial charge in [-0.1, -0.05) is 38.1 Å². The van der Waals surface area contributed by atoms with Gasteiger partial charge in [-0.05, 0) is 24.5 Å². The molecule has 0 atom stereocenters. The Bertz CT molecular complexity index is 762. The Morgan fingerprint density at radius 3 is 2.67 bits per heavy atom. The Kier molecular flexibility index (Phi) is 3.99. The number of aromatic nitrogens is 2. The van der Waals surface area contributed by atoms with Crippen LogP contribution in [0.1, 0.15) is 24.4 Å². The summed E-state index contributed by atoms with van der Waals surface area (Å²) in [7, 11) is 0. The standard InChI is InChI=1S/C17H19N3S/c1-11(2)9-15-16(10-18)21-17(20-15)14-8-7-12-5-3-4-6-13(12)19-14/h3-8,11H,9-10,18H2,1-2H3. The molecular formula is C17H19N3S. The minimum atomic E-state index is 0.549. The minimum Gasteiger partial charge on any atom is -0.326 e. The first-order chi connectivity index (χ1) is 10.2. The van der Waals surface area contributed by atoms with Crippen molar-refractivity contribution < 1.29 is 0 Å². The van der Waals surface area contributed by atoms with Crippen molar-refractivity contribution >= 4 is 22.2 Å². The average molecular weight is 297 g/mol. The molecule has 0 bridgehead atoms. The maximum absolute atomic E-state index is 5.86. The first-order valence-electron chi connectivity index (χ1n) is 7.22. The molecule has 4 heteroatoms. The molecule has 3 rings (SSSR count). The molecule has 0 aliphatic rings. The number of hydrogen-bond acceptors (Lipinski definition) is 4. The lowest BCUT2D eigenvalue weighted by molar-refractivity contribution is 0.634. The molecular weight excluding hydrogens is 278 g/mol. The molecule has 3 aromatic rings. The summed E-state index contributed by atoms with van der Waals surface area (Å²) in [5.74, 6) is 0.579. The molecule has 2 N–H and O–H groups in total. The van der Waals surface area contributed by atoms with E-state index < -0.39 is 0 Å². The molecule has 0 spiro atoms. The number of rotatable bonds is 4. The molecule has 0 saturated heterocycles. The molecule has 0 aliphatic heterocycles. The summed E-state index contributed by atoms with van der Waals surface area (Å²) in [4.78, 5) is 10.7. The van der Waals surface area contributed by atoms with E-state index in [1.54, 1.807) is 11.3 Å². The largest absolute Gasteiger partial charge is 0.326 e. The molecule has 108 valence electrons. The van der Waals surface area contributed by atoms with Crippen LogP contribution in [0.5, 0.6) is 0 Å². The fourth-order valence-corrected chi connectivity index (χ4v) is 3.32. The normalized spacial score (nSPS) is 11.4. The van der Waals surface area contributed by atoms with Crippen LogP contribution in [0.4, 0.5) is 0 Å². The lowest BCUT2D eigenvalue weighted by atomic mass is 10.1. The van der Waals surface area contributed by atoms with Crippen molar-refractivity contribution in [3.05, 3.63) is 47.0 Å². The first-order valence-corrected chi connectivity index (χ1v) is 8.04. The zero-order valence-electron chi connectivity index (χ0n) is 12.3. The van der Waals surface area contributed by atoms with Gasteiger partial charge in [-0.15, -0.1) is 11.3 Å². The smallest absolute Gasteiger partial charge is 0.142 e. The molecule has 0 aliphatic carbocycles. The predicted molar refractivity (Wildman–Crippen MR) is 89.3 cm³/mol. The molecule has 2 heterocycles. The van der Waals surface area contributed by atoms with Crippen LogP contribution in [-0.2, 0) is 13.0 Å². The van der Waals surface area contributed by atoms with Gasteiger partial charge < -0.3 is 5.73 Å². The molecule has 0 radical (unpaired) electrons. The van der Waals surface area contributed by atoms with E-state index in [4.69, 9.17) is 15.7 Å². The highest BCUT2D eigenvalue weighted by Crippen LogP contribution is 2.29. The Balaban J connectivity index is 2.03. The van der Waals surface area contributed by atoms with Gasteiger partial charge in [0.2, 0.25) is 0 Å². The summed E-state index contributed by atoms with van der Waals surface area (Å²) in [5.41, 5.74) is 8.92. The molecule has 0 fully saturated rings.